The molecule has 20 heavy (non-hydrogen) atoms. The van der Waals surface area contributed by atoms with Gasteiger partial charge in [-0.1, -0.05) is 0 Å². The number of halogens is 1. The summed E-state index contributed by atoms with van der Waals surface area (Å²) in [7, 11) is 1.41. The molecule has 0 saturated heterocycles. The highest BCUT2D eigenvalue weighted by Crippen LogP contribution is 2.39. The first-order valence-corrected chi connectivity index (χ1v) is 7.09. The van der Waals surface area contributed by atoms with Gasteiger partial charge in [0, 0.05) is 12.1 Å². The molecule has 0 aliphatic rings. The molecule has 0 aliphatic carbocycles. The van der Waals surface area contributed by atoms with Crippen LogP contribution in [0.3, 0.4) is 0 Å². The van der Waals surface area contributed by atoms with Crippen molar-refractivity contribution in [2.45, 2.75) is 0 Å². The van der Waals surface area contributed by atoms with Gasteiger partial charge >= 0.3 is 13.5 Å². The minimum absolute atomic E-state index is 0. The standard InChI is InChI=1S/C11H17N3O4P.ClH/c1-14(2,3)8-9-17-19(15,16)18-11-6-4-10(13-12)5-7-11;/h4-7H,8-9H2,1-3H3;1H/q+1;/p-1. The average molecular weight is 322 g/mol. The molecular weight excluding hydrogens is 305 g/mol. The Bertz CT molecular complexity index is 510. The van der Waals surface area contributed by atoms with Gasteiger partial charge in [0.05, 0.1) is 21.1 Å². The van der Waals surface area contributed by atoms with E-state index in [1.807, 2.05) is 21.1 Å². The maximum atomic E-state index is 11.5. The van der Waals surface area contributed by atoms with Crippen LogP contribution in [0.5, 0.6) is 5.75 Å². The molecule has 0 N–H and O–H groups in total. The van der Waals surface area contributed by atoms with Crippen LogP contribution in [-0.2, 0) is 9.09 Å². The van der Waals surface area contributed by atoms with Crippen LogP contribution >= 0.6 is 7.82 Å². The lowest BCUT2D eigenvalue weighted by Gasteiger charge is -2.27. The Morgan fingerprint density at radius 3 is 2.30 bits per heavy atom. The molecule has 1 unspecified atom stereocenters. The van der Waals surface area contributed by atoms with Crippen LogP contribution < -0.4 is 21.8 Å². The molecule has 1 rings (SSSR count). The summed E-state index contributed by atoms with van der Waals surface area (Å²) in [5.41, 5.74) is 0.305. The minimum Gasteiger partial charge on any atom is -1.00 e. The number of phosphoric ester groups is 1. The van der Waals surface area contributed by atoms with Gasteiger partial charge in [-0.2, -0.15) is 0 Å². The summed E-state index contributed by atoms with van der Waals surface area (Å²) >= 11 is 0. The molecule has 1 aromatic carbocycles. The quantitative estimate of drug-likeness (QED) is 0.371. The van der Waals surface area contributed by atoms with Crippen LogP contribution in [0.25, 0.3) is 4.98 Å². The fourth-order valence-electron chi connectivity index (χ4n) is 1.16. The molecule has 9 heteroatoms. The van der Waals surface area contributed by atoms with Crippen LogP contribution in [0.2, 0.25) is 0 Å². The number of hydrogen-bond acceptors (Lipinski definition) is 5. The van der Waals surface area contributed by atoms with E-state index in [1.54, 1.807) is 0 Å². The fraction of sp³-hybridized carbons (Fsp3) is 0.455. The lowest BCUT2D eigenvalue weighted by atomic mass is 10.3. The van der Waals surface area contributed by atoms with E-state index in [2.05, 4.69) is 4.98 Å². The average Bonchev–Trinajstić information content (AvgIpc) is 2.27. The zero-order valence-electron chi connectivity index (χ0n) is 11.5. The van der Waals surface area contributed by atoms with E-state index in [0.29, 0.717) is 16.7 Å². The molecule has 0 saturated carbocycles. The van der Waals surface area contributed by atoms with Gasteiger partial charge in [0.1, 0.15) is 18.9 Å². The van der Waals surface area contributed by atoms with Crippen molar-refractivity contribution < 1.29 is 35.4 Å². The first-order chi connectivity index (χ1) is 8.72. The summed E-state index contributed by atoms with van der Waals surface area (Å²) in [6, 6.07) is 5.59. The Balaban J connectivity index is 0.00000361. The number of diazo groups is 1. The van der Waals surface area contributed by atoms with Crippen LogP contribution in [-0.4, -0.2) is 38.8 Å². The topological polar surface area (TPSA) is 86.7 Å². The van der Waals surface area contributed by atoms with E-state index in [-0.39, 0.29) is 24.8 Å². The molecule has 1 atom stereocenters. The zero-order valence-corrected chi connectivity index (χ0v) is 13.2. The molecule has 0 heterocycles. The third kappa shape index (κ3) is 7.43. The molecule has 0 amide bonds. The van der Waals surface area contributed by atoms with Crippen LogP contribution in [0.15, 0.2) is 24.3 Å². The highest BCUT2D eigenvalue weighted by Gasteiger charge is 2.15. The summed E-state index contributed by atoms with van der Waals surface area (Å²) in [4.78, 5) is 14.5. The number of hydrogen-bond donors (Lipinski definition) is 0. The summed E-state index contributed by atoms with van der Waals surface area (Å²) < 4.78 is 21.7. The fourth-order valence-corrected chi connectivity index (χ4v) is 1.89. The van der Waals surface area contributed by atoms with Crippen molar-refractivity contribution in [1.82, 2.24) is 0 Å². The molecule has 0 fully saturated rings. The van der Waals surface area contributed by atoms with Gasteiger partial charge in [-0.15, -0.1) is 0 Å². The second-order valence-electron chi connectivity index (χ2n) is 4.98. The van der Waals surface area contributed by atoms with E-state index < -0.39 is 7.82 Å². The van der Waals surface area contributed by atoms with Gasteiger partial charge in [-0.25, -0.2) is 0 Å². The zero-order chi connectivity index (χ0) is 14.5. The Morgan fingerprint density at radius 2 is 1.85 bits per heavy atom. The Kier molecular flexibility index (Phi) is 7.14. The van der Waals surface area contributed by atoms with E-state index in [9.17, 15) is 9.46 Å². The Morgan fingerprint density at radius 1 is 1.30 bits per heavy atom. The third-order valence-corrected chi connectivity index (χ3v) is 3.11. The largest absolute Gasteiger partial charge is 1.00 e. The van der Waals surface area contributed by atoms with Crippen LogP contribution in [0, 0.1) is 5.39 Å². The third-order valence-electron chi connectivity index (χ3n) is 2.18. The van der Waals surface area contributed by atoms with Gasteiger partial charge in [0.2, 0.25) is 5.39 Å². The molecule has 7 nitrogen and oxygen atoms in total. The van der Waals surface area contributed by atoms with Crippen molar-refractivity contribution in [3.8, 4) is 5.75 Å². The molecule has 0 spiro atoms. The van der Waals surface area contributed by atoms with Gasteiger partial charge in [0.15, 0.2) is 4.98 Å². The molecule has 0 radical (unpaired) electrons. The van der Waals surface area contributed by atoms with Gasteiger partial charge < -0.3 is 30.8 Å². The monoisotopic (exact) mass is 321 g/mol. The van der Waals surface area contributed by atoms with Gasteiger partial charge in [-0.05, 0) is 12.1 Å². The minimum atomic E-state index is -4.38. The predicted molar refractivity (Wildman–Crippen MR) is 68.3 cm³/mol. The molecule has 112 valence electrons. The summed E-state index contributed by atoms with van der Waals surface area (Å²) in [6.07, 6.45) is 0. The summed E-state index contributed by atoms with van der Waals surface area (Å²) in [6.45, 7) is 0.590. The number of nitrogens with zero attached hydrogens (tertiary/aromatic N) is 3. The highest BCUT2D eigenvalue weighted by molar-refractivity contribution is 7.46. The van der Waals surface area contributed by atoms with Crippen molar-refractivity contribution in [1.29, 1.82) is 5.39 Å². The van der Waals surface area contributed by atoms with E-state index in [0.717, 1.165) is 0 Å². The van der Waals surface area contributed by atoms with Crippen molar-refractivity contribution in [3.05, 3.63) is 29.2 Å². The predicted octanol–water partition coefficient (Wildman–Crippen LogP) is -1.25. The second-order valence-corrected chi connectivity index (χ2v) is 6.31. The molecule has 0 bridgehead atoms. The van der Waals surface area contributed by atoms with E-state index in [1.165, 1.54) is 24.3 Å². The second kappa shape index (κ2) is 7.58. The number of benzene rings is 1. The van der Waals surface area contributed by atoms with E-state index >= 15 is 0 Å². The SMILES string of the molecule is C[N+](C)(C)CCOP(=O)([O-])Oc1ccc([N+]#N)cc1.[Cl-]. The number of likely N-dealkylation sites (N-methyl/N-ethyl adjacent to an activating group) is 1. The first-order valence-electron chi connectivity index (χ1n) is 5.63. The maximum Gasteiger partial charge on any atom is 0.385 e. The Hall–Kier alpha value is -1.16. The van der Waals surface area contributed by atoms with Crippen molar-refractivity contribution in [2.24, 2.45) is 0 Å². The number of rotatable bonds is 6. The molecular formula is C11H17ClN3O4P. The van der Waals surface area contributed by atoms with E-state index in [4.69, 9.17) is 14.4 Å². The van der Waals surface area contributed by atoms with Crippen molar-refractivity contribution >= 4 is 13.5 Å². The first kappa shape index (κ1) is 18.8. The maximum absolute atomic E-state index is 11.5. The van der Waals surface area contributed by atoms with Crippen molar-refractivity contribution in [3.63, 3.8) is 0 Å². The molecule has 0 aromatic heterocycles. The lowest BCUT2D eigenvalue weighted by molar-refractivity contribution is -0.870. The van der Waals surface area contributed by atoms with Crippen LogP contribution in [0.4, 0.5) is 5.69 Å². The van der Waals surface area contributed by atoms with Gasteiger partial charge in [-0.3, -0.25) is 4.57 Å². The smallest absolute Gasteiger partial charge is 0.385 e. The van der Waals surface area contributed by atoms with Crippen LogP contribution in [0.1, 0.15) is 0 Å². The Labute approximate surface area is 124 Å². The molecule has 1 aromatic rings. The number of quaternary nitrogens is 1. The summed E-state index contributed by atoms with van der Waals surface area (Å²) in [5, 5.41) is 8.49. The molecule has 0 aliphatic heterocycles. The van der Waals surface area contributed by atoms with Crippen molar-refractivity contribution in [2.75, 3.05) is 34.3 Å². The highest BCUT2D eigenvalue weighted by atomic mass is 35.5. The lowest BCUT2D eigenvalue weighted by Crippen LogP contribution is -3.00. The van der Waals surface area contributed by atoms with Gasteiger partial charge in [0.25, 0.3) is 0 Å². The number of phosphoric acid groups is 1. The normalized spacial score (nSPS) is 13.8. The summed E-state index contributed by atoms with van der Waals surface area (Å²) in [5.74, 6) is 0.107.